The van der Waals surface area contributed by atoms with Crippen molar-refractivity contribution in [2.24, 2.45) is 11.5 Å². The van der Waals surface area contributed by atoms with Crippen LogP contribution in [0.5, 0.6) is 5.75 Å². The van der Waals surface area contributed by atoms with Gasteiger partial charge in [-0.1, -0.05) is 0 Å². The van der Waals surface area contributed by atoms with Crippen LogP contribution in [-0.4, -0.2) is 20.5 Å². The van der Waals surface area contributed by atoms with Crippen LogP contribution in [0.1, 0.15) is 0 Å². The Morgan fingerprint density at radius 3 is 2.41 bits per heavy atom. The first kappa shape index (κ1) is 17.3. The Bertz CT molecular complexity index is 571. The first-order chi connectivity index (χ1) is 10.2. The molecule has 0 saturated carbocycles. The lowest BCUT2D eigenvalue weighted by atomic mass is 10.2. The zero-order valence-corrected chi connectivity index (χ0v) is 12.0. The quantitative estimate of drug-likeness (QED) is 0.475. The minimum absolute atomic E-state index is 0.160. The molecule has 0 fully saturated rings. The highest BCUT2D eigenvalue weighted by Gasteiger charge is 2.31. The van der Waals surface area contributed by atoms with Crippen molar-refractivity contribution in [3.05, 3.63) is 42.1 Å². The molecule has 0 saturated heterocycles. The number of halogens is 3. The zero-order chi connectivity index (χ0) is 16.8. The lowest BCUT2D eigenvalue weighted by Crippen LogP contribution is -2.17. The molecule has 6 N–H and O–H groups in total. The smallest absolute Gasteiger partial charge is 0.483 e. The fraction of sp³-hybridized carbons (Fsp3) is 0.231. The van der Waals surface area contributed by atoms with Gasteiger partial charge in [0.05, 0.1) is 18.5 Å². The number of alkyl halides is 3. The van der Waals surface area contributed by atoms with Crippen LogP contribution in [0.25, 0.3) is 0 Å². The van der Waals surface area contributed by atoms with Gasteiger partial charge in [-0.05, 0) is 18.2 Å². The number of allylic oxidation sites excluding steroid dienone is 2. The summed E-state index contributed by atoms with van der Waals surface area (Å²) in [5.41, 5.74) is 12.0. The summed E-state index contributed by atoms with van der Waals surface area (Å²) in [7, 11) is 2.96. The van der Waals surface area contributed by atoms with Crippen LogP contribution < -0.4 is 26.8 Å². The van der Waals surface area contributed by atoms with Crippen molar-refractivity contribution in [2.75, 3.05) is 24.8 Å². The second-order valence-electron chi connectivity index (χ2n) is 4.03. The van der Waals surface area contributed by atoms with Gasteiger partial charge in [-0.15, -0.1) is 13.2 Å². The minimum Gasteiger partial charge on any atom is -0.483 e. The Morgan fingerprint density at radius 2 is 1.86 bits per heavy atom. The van der Waals surface area contributed by atoms with Gasteiger partial charge in [0.15, 0.2) is 5.88 Å². The van der Waals surface area contributed by atoms with Gasteiger partial charge in [0.2, 0.25) is 0 Å². The molecule has 0 bridgehead atoms. The van der Waals surface area contributed by atoms with Gasteiger partial charge >= 0.3 is 6.36 Å². The number of nitrogens with one attached hydrogen (secondary N) is 2. The van der Waals surface area contributed by atoms with E-state index in [0.29, 0.717) is 11.4 Å². The van der Waals surface area contributed by atoms with Crippen molar-refractivity contribution < 1.29 is 22.6 Å². The summed E-state index contributed by atoms with van der Waals surface area (Å²) in [5.74, 6) is 0.0435. The summed E-state index contributed by atoms with van der Waals surface area (Å²) in [6.07, 6.45) is -1.86. The number of hydrogen-bond acceptors (Lipinski definition) is 6. The molecule has 22 heavy (non-hydrogen) atoms. The Labute approximate surface area is 125 Å². The van der Waals surface area contributed by atoms with Gasteiger partial charge in [-0.2, -0.15) is 0 Å². The number of hydrogen-bond donors (Lipinski definition) is 4. The van der Waals surface area contributed by atoms with E-state index in [2.05, 4.69) is 15.4 Å². The molecule has 0 aliphatic heterocycles. The maximum absolute atomic E-state index is 12.2. The number of nitrogens with two attached hydrogens (primary N) is 2. The molecule has 0 aromatic heterocycles. The predicted molar refractivity (Wildman–Crippen MR) is 77.8 cm³/mol. The summed E-state index contributed by atoms with van der Waals surface area (Å²) in [6.45, 7) is 0. The van der Waals surface area contributed by atoms with E-state index in [9.17, 15) is 13.2 Å². The molecule has 0 atom stereocenters. The van der Waals surface area contributed by atoms with E-state index in [1.54, 1.807) is 7.05 Å². The number of ether oxygens (including phenoxy) is 2. The molecular weight excluding hydrogens is 301 g/mol. The molecule has 0 radical (unpaired) electrons. The van der Waals surface area contributed by atoms with Crippen LogP contribution in [0.4, 0.5) is 24.5 Å². The van der Waals surface area contributed by atoms with Gasteiger partial charge in [0.25, 0.3) is 0 Å². The van der Waals surface area contributed by atoms with E-state index in [1.165, 1.54) is 37.5 Å². The lowest BCUT2D eigenvalue weighted by molar-refractivity contribution is -0.274. The average molecular weight is 318 g/mol. The van der Waals surface area contributed by atoms with E-state index in [1.807, 2.05) is 0 Å². The molecule has 0 aliphatic carbocycles. The fourth-order valence-corrected chi connectivity index (χ4v) is 1.47. The SMILES string of the molecule is CNc1cc(OC(F)(F)F)ccc1N/C(N)=C/C=C(\N)OC. The molecule has 6 nitrogen and oxygen atoms in total. The monoisotopic (exact) mass is 318 g/mol. The van der Waals surface area contributed by atoms with Crippen LogP contribution >= 0.6 is 0 Å². The van der Waals surface area contributed by atoms with E-state index in [-0.39, 0.29) is 17.5 Å². The van der Waals surface area contributed by atoms with Crippen LogP contribution in [0, 0.1) is 0 Å². The maximum atomic E-state index is 12.2. The normalized spacial score (nSPS) is 12.8. The maximum Gasteiger partial charge on any atom is 0.573 e. The van der Waals surface area contributed by atoms with Crippen LogP contribution in [0.2, 0.25) is 0 Å². The number of rotatable bonds is 6. The summed E-state index contributed by atoms with van der Waals surface area (Å²) < 4.78 is 45.1. The Balaban J connectivity index is 2.92. The van der Waals surface area contributed by atoms with Crippen molar-refractivity contribution in [1.82, 2.24) is 0 Å². The first-order valence-electron chi connectivity index (χ1n) is 6.06. The molecule has 0 spiro atoms. The molecule has 0 heterocycles. The third kappa shape index (κ3) is 5.73. The number of anilines is 2. The van der Waals surface area contributed by atoms with E-state index < -0.39 is 6.36 Å². The highest BCUT2D eigenvalue weighted by Crippen LogP contribution is 2.30. The largest absolute Gasteiger partial charge is 0.573 e. The molecular formula is C13H17F3N4O2. The molecule has 9 heteroatoms. The number of methoxy groups -OCH3 is 1. The third-order valence-corrected chi connectivity index (χ3v) is 2.44. The molecule has 0 aliphatic rings. The molecule has 0 unspecified atom stereocenters. The van der Waals surface area contributed by atoms with E-state index in [0.717, 1.165) is 0 Å². The molecule has 1 rings (SSSR count). The first-order valence-corrected chi connectivity index (χ1v) is 6.06. The van der Waals surface area contributed by atoms with Crippen molar-refractivity contribution in [2.45, 2.75) is 6.36 Å². The van der Waals surface area contributed by atoms with E-state index >= 15 is 0 Å². The fourth-order valence-electron chi connectivity index (χ4n) is 1.47. The topological polar surface area (TPSA) is 94.6 Å². The van der Waals surface area contributed by atoms with Gasteiger partial charge in [0.1, 0.15) is 11.6 Å². The summed E-state index contributed by atoms with van der Waals surface area (Å²) >= 11 is 0. The van der Waals surface area contributed by atoms with Crippen LogP contribution in [0.15, 0.2) is 42.1 Å². The highest BCUT2D eigenvalue weighted by molar-refractivity contribution is 5.72. The minimum atomic E-state index is -4.75. The average Bonchev–Trinajstić information content (AvgIpc) is 2.44. The van der Waals surface area contributed by atoms with Crippen LogP contribution in [-0.2, 0) is 4.74 Å². The summed E-state index contributed by atoms with van der Waals surface area (Å²) in [6, 6.07) is 3.77. The molecule has 1 aromatic rings. The second kappa shape index (κ2) is 7.34. The third-order valence-electron chi connectivity index (χ3n) is 2.44. The summed E-state index contributed by atoms with van der Waals surface area (Å²) in [5, 5.41) is 5.56. The van der Waals surface area contributed by atoms with Gasteiger partial charge in [-0.3, -0.25) is 0 Å². The van der Waals surface area contributed by atoms with E-state index in [4.69, 9.17) is 16.2 Å². The van der Waals surface area contributed by atoms with Crippen molar-refractivity contribution in [3.63, 3.8) is 0 Å². The van der Waals surface area contributed by atoms with Crippen molar-refractivity contribution in [3.8, 4) is 5.75 Å². The Hall–Kier alpha value is -2.71. The molecule has 122 valence electrons. The Kier molecular flexibility index (Phi) is 5.79. The predicted octanol–water partition coefficient (Wildman–Crippen LogP) is 2.29. The van der Waals surface area contributed by atoms with Crippen molar-refractivity contribution in [1.29, 1.82) is 0 Å². The number of benzene rings is 1. The highest BCUT2D eigenvalue weighted by atomic mass is 19.4. The molecule has 0 amide bonds. The van der Waals surface area contributed by atoms with Crippen LogP contribution in [0.3, 0.4) is 0 Å². The van der Waals surface area contributed by atoms with Gasteiger partial charge < -0.3 is 31.6 Å². The van der Waals surface area contributed by atoms with Crippen molar-refractivity contribution >= 4 is 11.4 Å². The van der Waals surface area contributed by atoms with Gasteiger partial charge in [0, 0.05) is 19.2 Å². The summed E-state index contributed by atoms with van der Waals surface area (Å²) in [4.78, 5) is 0. The second-order valence-corrected chi connectivity index (χ2v) is 4.03. The van der Waals surface area contributed by atoms with Gasteiger partial charge in [-0.25, -0.2) is 0 Å². The lowest BCUT2D eigenvalue weighted by Gasteiger charge is -2.15. The zero-order valence-electron chi connectivity index (χ0n) is 12.0. The molecule has 1 aromatic carbocycles. The Morgan fingerprint density at radius 1 is 1.18 bits per heavy atom. The standard InChI is InChI=1S/C13H17F3N4O2/c1-19-10-7-8(22-13(14,15)16)3-4-9(10)20-11(17)5-6-12(18)21-2/h3-7,19-20H,17-18H2,1-2H3/b11-5+,12-6+.